The van der Waals surface area contributed by atoms with Gasteiger partial charge in [-0.3, -0.25) is 4.79 Å². The van der Waals surface area contributed by atoms with Crippen LogP contribution in [0.25, 0.3) is 0 Å². The molecule has 0 saturated carbocycles. The van der Waals surface area contributed by atoms with Crippen molar-refractivity contribution in [3.63, 3.8) is 0 Å². The number of aromatic nitrogens is 1. The lowest BCUT2D eigenvalue weighted by Crippen LogP contribution is -2.38. The molecule has 0 atom stereocenters. The van der Waals surface area contributed by atoms with E-state index in [0.717, 1.165) is 9.87 Å². The van der Waals surface area contributed by atoms with Crippen molar-refractivity contribution in [3.8, 4) is 0 Å². The summed E-state index contributed by atoms with van der Waals surface area (Å²) in [6.45, 7) is 3.04. The third kappa shape index (κ3) is 4.14. The molecule has 0 radical (unpaired) electrons. The van der Waals surface area contributed by atoms with Crippen LogP contribution in [0.15, 0.2) is 33.7 Å². The Morgan fingerprint density at radius 2 is 1.92 bits per heavy atom. The fraction of sp³-hybridized carbons (Fsp3) is 0.333. The first-order valence-electron chi connectivity index (χ1n) is 7.12. The number of hydrogen-bond acceptors (Lipinski definition) is 5. The van der Waals surface area contributed by atoms with Crippen molar-refractivity contribution in [1.82, 2.24) is 14.8 Å². The zero-order valence-electron chi connectivity index (χ0n) is 13.5. The van der Waals surface area contributed by atoms with Gasteiger partial charge in [0.15, 0.2) is 5.76 Å². The first kappa shape index (κ1) is 18.4. The first-order chi connectivity index (χ1) is 11.2. The molecule has 7 nitrogen and oxygen atoms in total. The highest BCUT2D eigenvalue weighted by molar-refractivity contribution is 7.89. The maximum absolute atomic E-state index is 12.5. The molecule has 0 aliphatic carbocycles. The number of carbonyl (C=O) groups excluding carboxylic acids is 1. The summed E-state index contributed by atoms with van der Waals surface area (Å²) < 4.78 is 30.9. The van der Waals surface area contributed by atoms with E-state index in [1.807, 2.05) is 0 Å². The molecule has 2 aromatic rings. The van der Waals surface area contributed by atoms with Gasteiger partial charge in [0.2, 0.25) is 15.9 Å². The van der Waals surface area contributed by atoms with Crippen LogP contribution in [0, 0.1) is 13.8 Å². The Hall–Kier alpha value is -1.90. The monoisotopic (exact) mass is 371 g/mol. The van der Waals surface area contributed by atoms with E-state index in [1.54, 1.807) is 24.3 Å². The van der Waals surface area contributed by atoms with Gasteiger partial charge in [0, 0.05) is 18.6 Å². The van der Waals surface area contributed by atoms with Gasteiger partial charge in [-0.15, -0.1) is 0 Å². The molecule has 24 heavy (non-hydrogen) atoms. The van der Waals surface area contributed by atoms with Crippen LogP contribution in [0.1, 0.15) is 17.0 Å². The molecule has 130 valence electrons. The molecule has 0 bridgehead atoms. The number of halogens is 1. The highest BCUT2D eigenvalue weighted by Gasteiger charge is 2.29. The molecule has 0 unspecified atom stereocenters. The average Bonchev–Trinajstić information content (AvgIpc) is 2.86. The number of hydrogen-bond donors (Lipinski definition) is 1. The lowest BCUT2D eigenvalue weighted by atomic mass is 10.2. The highest BCUT2D eigenvalue weighted by Crippen LogP contribution is 2.22. The van der Waals surface area contributed by atoms with E-state index in [9.17, 15) is 13.2 Å². The molecule has 0 spiro atoms. The Labute approximate surface area is 145 Å². The zero-order chi connectivity index (χ0) is 17.9. The van der Waals surface area contributed by atoms with Gasteiger partial charge in [0.05, 0.1) is 6.54 Å². The third-order valence-corrected chi connectivity index (χ3v) is 5.71. The number of sulfonamides is 1. The fourth-order valence-electron chi connectivity index (χ4n) is 2.14. The summed E-state index contributed by atoms with van der Waals surface area (Å²) in [7, 11) is -2.51. The van der Waals surface area contributed by atoms with Crippen molar-refractivity contribution in [3.05, 3.63) is 46.3 Å². The average molecular weight is 372 g/mol. The van der Waals surface area contributed by atoms with Crippen LogP contribution in [0.2, 0.25) is 5.02 Å². The number of carbonyl (C=O) groups is 1. The normalized spacial score (nSPS) is 11.7. The highest BCUT2D eigenvalue weighted by atomic mass is 35.5. The molecule has 1 heterocycles. The summed E-state index contributed by atoms with van der Waals surface area (Å²) in [5, 5.41) is 6.91. The standard InChI is InChI=1S/C15H18ClN3O4S/c1-10-15(11(2)23-18-10)24(21,22)19(3)9-14(20)17-8-12-4-6-13(16)7-5-12/h4-7H,8-9H2,1-3H3,(H,17,20). The minimum Gasteiger partial charge on any atom is -0.360 e. The van der Waals surface area contributed by atoms with E-state index in [-0.39, 0.29) is 29.4 Å². The molecule has 0 aliphatic rings. The van der Waals surface area contributed by atoms with Crippen molar-refractivity contribution in [2.75, 3.05) is 13.6 Å². The van der Waals surface area contributed by atoms with E-state index >= 15 is 0 Å². The van der Waals surface area contributed by atoms with Gasteiger partial charge in [0.1, 0.15) is 10.6 Å². The van der Waals surface area contributed by atoms with E-state index in [4.69, 9.17) is 16.1 Å². The lowest BCUT2D eigenvalue weighted by molar-refractivity contribution is -0.121. The Bertz CT molecular complexity index is 811. The Morgan fingerprint density at radius 1 is 1.29 bits per heavy atom. The molecule has 1 aromatic heterocycles. The van der Waals surface area contributed by atoms with Crippen molar-refractivity contribution in [2.45, 2.75) is 25.3 Å². The van der Waals surface area contributed by atoms with Crippen LogP contribution in [0.4, 0.5) is 0 Å². The second-order valence-electron chi connectivity index (χ2n) is 5.32. The van der Waals surface area contributed by atoms with Crippen LogP contribution >= 0.6 is 11.6 Å². The van der Waals surface area contributed by atoms with Crippen molar-refractivity contribution in [2.24, 2.45) is 0 Å². The van der Waals surface area contributed by atoms with Crippen LogP contribution in [0.5, 0.6) is 0 Å². The second kappa shape index (κ2) is 7.33. The molecule has 0 saturated heterocycles. The van der Waals surface area contributed by atoms with E-state index in [1.165, 1.54) is 20.9 Å². The summed E-state index contributed by atoms with van der Waals surface area (Å²) in [6.07, 6.45) is 0. The Morgan fingerprint density at radius 3 is 2.46 bits per heavy atom. The van der Waals surface area contributed by atoms with Gasteiger partial charge >= 0.3 is 0 Å². The predicted octanol–water partition coefficient (Wildman–Crippen LogP) is 1.88. The maximum Gasteiger partial charge on any atom is 0.248 e. The number of benzene rings is 1. The summed E-state index contributed by atoms with van der Waals surface area (Å²) >= 11 is 5.79. The fourth-order valence-corrected chi connectivity index (χ4v) is 3.68. The molecule has 1 aromatic carbocycles. The lowest BCUT2D eigenvalue weighted by Gasteiger charge is -2.16. The molecule has 9 heteroatoms. The SMILES string of the molecule is Cc1noc(C)c1S(=O)(=O)N(C)CC(=O)NCc1ccc(Cl)cc1. The molecule has 1 amide bonds. The maximum atomic E-state index is 12.5. The minimum atomic E-state index is -3.84. The summed E-state index contributed by atoms with van der Waals surface area (Å²) in [5.74, 6) is -0.219. The number of likely N-dealkylation sites (N-methyl/N-ethyl adjacent to an activating group) is 1. The van der Waals surface area contributed by atoms with Crippen LogP contribution < -0.4 is 5.32 Å². The molecule has 2 rings (SSSR count). The number of rotatable bonds is 6. The third-order valence-electron chi connectivity index (χ3n) is 3.41. The smallest absolute Gasteiger partial charge is 0.248 e. The molecule has 0 fully saturated rings. The molecular formula is C15H18ClN3O4S. The van der Waals surface area contributed by atoms with Crippen LogP contribution in [-0.4, -0.2) is 37.4 Å². The zero-order valence-corrected chi connectivity index (χ0v) is 15.1. The number of amides is 1. The van der Waals surface area contributed by atoms with Gasteiger partial charge < -0.3 is 9.84 Å². The topological polar surface area (TPSA) is 92.5 Å². The molecule has 0 aliphatic heterocycles. The van der Waals surface area contributed by atoms with E-state index in [2.05, 4.69) is 10.5 Å². The largest absolute Gasteiger partial charge is 0.360 e. The van der Waals surface area contributed by atoms with Crippen LogP contribution in [-0.2, 0) is 21.4 Å². The van der Waals surface area contributed by atoms with Crippen molar-refractivity contribution in [1.29, 1.82) is 0 Å². The van der Waals surface area contributed by atoms with Gasteiger partial charge in [-0.2, -0.15) is 4.31 Å². The van der Waals surface area contributed by atoms with E-state index in [0.29, 0.717) is 5.02 Å². The predicted molar refractivity (Wildman–Crippen MR) is 89.1 cm³/mol. The summed E-state index contributed by atoms with van der Waals surface area (Å²) in [5.41, 5.74) is 1.13. The van der Waals surface area contributed by atoms with Crippen molar-refractivity contribution < 1.29 is 17.7 Å². The summed E-state index contributed by atoms with van der Waals surface area (Å²) in [4.78, 5) is 12.0. The minimum absolute atomic E-state index is 0.00417. The van der Waals surface area contributed by atoms with Crippen LogP contribution in [0.3, 0.4) is 0 Å². The van der Waals surface area contributed by atoms with Gasteiger partial charge in [0.25, 0.3) is 0 Å². The Balaban J connectivity index is 1.99. The van der Waals surface area contributed by atoms with Gasteiger partial charge in [-0.05, 0) is 31.5 Å². The van der Waals surface area contributed by atoms with Gasteiger partial charge in [-0.25, -0.2) is 8.42 Å². The second-order valence-corrected chi connectivity index (χ2v) is 7.74. The summed E-state index contributed by atoms with van der Waals surface area (Å²) in [6, 6.07) is 7.01. The number of nitrogens with one attached hydrogen (secondary N) is 1. The quantitative estimate of drug-likeness (QED) is 0.836. The number of aryl methyl sites for hydroxylation is 2. The van der Waals surface area contributed by atoms with E-state index < -0.39 is 15.9 Å². The van der Waals surface area contributed by atoms with Crippen molar-refractivity contribution >= 4 is 27.5 Å². The Kier molecular flexibility index (Phi) is 5.63. The van der Waals surface area contributed by atoms with Gasteiger partial charge in [-0.1, -0.05) is 28.9 Å². The number of nitrogens with zero attached hydrogens (tertiary/aromatic N) is 2. The first-order valence-corrected chi connectivity index (χ1v) is 8.94. The molecule has 1 N–H and O–H groups in total. The molecular weight excluding hydrogens is 354 g/mol.